The van der Waals surface area contributed by atoms with Gasteiger partial charge < -0.3 is 9.84 Å². The fourth-order valence-electron chi connectivity index (χ4n) is 3.17. The molecule has 1 N–H and O–H groups in total. The largest absolute Gasteiger partial charge is 0.392 e. The first-order valence-electron chi connectivity index (χ1n) is 8.23. The molecule has 0 aliphatic heterocycles. The van der Waals surface area contributed by atoms with E-state index in [1.165, 1.54) is 4.31 Å². The summed E-state index contributed by atoms with van der Waals surface area (Å²) in [5.41, 5.74) is 0.828. The minimum Gasteiger partial charge on any atom is -0.392 e. The van der Waals surface area contributed by atoms with Gasteiger partial charge in [-0.3, -0.25) is 0 Å². The lowest BCUT2D eigenvalue weighted by atomic mass is 9.95. The maximum atomic E-state index is 13.1. The van der Waals surface area contributed by atoms with Crippen LogP contribution >= 0.6 is 0 Å². The minimum atomic E-state index is -3.62. The molecule has 5 nitrogen and oxygen atoms in total. The smallest absolute Gasteiger partial charge is 0.243 e. The molecule has 0 heterocycles. The molecule has 0 amide bonds. The van der Waals surface area contributed by atoms with E-state index in [9.17, 15) is 13.5 Å². The van der Waals surface area contributed by atoms with Gasteiger partial charge in [0.25, 0.3) is 0 Å². The number of sulfonamides is 1. The Balaban J connectivity index is 2.32. The van der Waals surface area contributed by atoms with E-state index in [2.05, 4.69) is 0 Å². The van der Waals surface area contributed by atoms with Crippen molar-refractivity contribution in [1.82, 2.24) is 4.31 Å². The van der Waals surface area contributed by atoms with Crippen LogP contribution in [0.3, 0.4) is 0 Å². The van der Waals surface area contributed by atoms with Crippen molar-refractivity contribution in [3.8, 4) is 0 Å². The van der Waals surface area contributed by atoms with Gasteiger partial charge in [0.15, 0.2) is 0 Å². The third-order valence-electron chi connectivity index (χ3n) is 4.24. The van der Waals surface area contributed by atoms with E-state index in [-0.39, 0.29) is 17.5 Å². The van der Waals surface area contributed by atoms with Gasteiger partial charge in [-0.15, -0.1) is 0 Å². The molecule has 1 aromatic carbocycles. The van der Waals surface area contributed by atoms with E-state index in [0.717, 1.165) is 37.7 Å². The van der Waals surface area contributed by atoms with Crippen LogP contribution in [0.25, 0.3) is 0 Å². The second kappa shape index (κ2) is 8.24. The monoisotopic (exact) mass is 341 g/mol. The van der Waals surface area contributed by atoms with Crippen molar-refractivity contribution in [2.24, 2.45) is 0 Å². The van der Waals surface area contributed by atoms with Gasteiger partial charge in [-0.25, -0.2) is 8.42 Å². The van der Waals surface area contributed by atoms with Crippen LogP contribution in [-0.4, -0.2) is 43.6 Å². The second-order valence-corrected chi connectivity index (χ2v) is 8.19. The van der Waals surface area contributed by atoms with Gasteiger partial charge in [-0.1, -0.05) is 31.4 Å². The maximum Gasteiger partial charge on any atom is 0.243 e. The first kappa shape index (κ1) is 18.4. The van der Waals surface area contributed by atoms with Crippen LogP contribution < -0.4 is 0 Å². The van der Waals surface area contributed by atoms with Gasteiger partial charge in [0, 0.05) is 19.7 Å². The zero-order valence-corrected chi connectivity index (χ0v) is 14.8. The molecule has 1 aliphatic rings. The molecule has 0 saturated heterocycles. The van der Waals surface area contributed by atoms with Crippen molar-refractivity contribution in [2.75, 3.05) is 13.7 Å². The summed E-state index contributed by atoms with van der Waals surface area (Å²) < 4.78 is 32.8. The van der Waals surface area contributed by atoms with Gasteiger partial charge >= 0.3 is 0 Å². The Hall–Kier alpha value is -0.950. The lowest BCUT2D eigenvalue weighted by molar-refractivity contribution is 0.136. The van der Waals surface area contributed by atoms with Gasteiger partial charge in [-0.05, 0) is 37.5 Å². The Morgan fingerprint density at radius 2 is 2.00 bits per heavy atom. The zero-order chi connectivity index (χ0) is 16.9. The van der Waals surface area contributed by atoms with E-state index in [0.29, 0.717) is 6.61 Å². The van der Waals surface area contributed by atoms with E-state index in [1.807, 2.05) is 6.07 Å². The summed E-state index contributed by atoms with van der Waals surface area (Å²) in [4.78, 5) is 0.276. The highest BCUT2D eigenvalue weighted by Crippen LogP contribution is 2.28. The molecule has 0 radical (unpaired) electrons. The molecule has 1 aromatic rings. The number of hydrogen-bond acceptors (Lipinski definition) is 4. The number of methoxy groups -OCH3 is 1. The number of benzene rings is 1. The number of aliphatic hydroxyl groups excluding tert-OH is 1. The summed E-state index contributed by atoms with van der Waals surface area (Å²) in [6.07, 6.45) is 4.28. The standard InChI is InChI=1S/C17H27NO4S/c1-14(19)12-18(16-8-4-3-5-9-16)23(20,21)17-10-6-7-15(11-17)13-22-2/h6-7,10-11,14,16,19H,3-5,8-9,12-13H2,1-2H3/t14-/m0/s1. The second-order valence-electron chi connectivity index (χ2n) is 6.30. The summed E-state index contributed by atoms with van der Waals surface area (Å²) in [7, 11) is -2.03. The maximum absolute atomic E-state index is 13.1. The zero-order valence-electron chi connectivity index (χ0n) is 13.9. The Bertz CT molecular complexity index is 594. The van der Waals surface area contributed by atoms with E-state index >= 15 is 0 Å². The fourth-order valence-corrected chi connectivity index (χ4v) is 5.01. The lowest BCUT2D eigenvalue weighted by Gasteiger charge is -2.34. The molecular weight excluding hydrogens is 314 g/mol. The van der Waals surface area contributed by atoms with Gasteiger partial charge in [-0.2, -0.15) is 4.31 Å². The normalized spacial score (nSPS) is 18.3. The van der Waals surface area contributed by atoms with E-state index in [1.54, 1.807) is 32.2 Å². The molecule has 1 atom stereocenters. The Kier molecular flexibility index (Phi) is 6.59. The Morgan fingerprint density at radius 1 is 1.30 bits per heavy atom. The average molecular weight is 341 g/mol. The Labute approximate surface area is 139 Å². The van der Waals surface area contributed by atoms with Crippen LogP contribution in [0.15, 0.2) is 29.2 Å². The lowest BCUT2D eigenvalue weighted by Crippen LogP contribution is -2.44. The molecule has 0 bridgehead atoms. The third-order valence-corrected chi connectivity index (χ3v) is 6.16. The molecule has 23 heavy (non-hydrogen) atoms. The Morgan fingerprint density at radius 3 is 2.61 bits per heavy atom. The van der Waals surface area contributed by atoms with E-state index in [4.69, 9.17) is 4.74 Å². The predicted molar refractivity (Wildman–Crippen MR) is 89.6 cm³/mol. The molecule has 1 fully saturated rings. The quantitative estimate of drug-likeness (QED) is 0.827. The number of ether oxygens (including phenoxy) is 1. The molecule has 0 unspecified atom stereocenters. The van der Waals surface area contributed by atoms with Crippen LogP contribution in [0.5, 0.6) is 0 Å². The minimum absolute atomic E-state index is 0.0190. The fraction of sp³-hybridized carbons (Fsp3) is 0.647. The summed E-state index contributed by atoms with van der Waals surface area (Å²) in [6.45, 7) is 2.15. The van der Waals surface area contributed by atoms with Crippen molar-refractivity contribution in [3.63, 3.8) is 0 Å². The van der Waals surface area contributed by atoms with Gasteiger partial charge in [0.2, 0.25) is 10.0 Å². The summed E-state index contributed by atoms with van der Waals surface area (Å²) in [5.74, 6) is 0. The summed E-state index contributed by atoms with van der Waals surface area (Å²) in [6, 6.07) is 6.85. The molecule has 1 aliphatic carbocycles. The highest BCUT2D eigenvalue weighted by atomic mass is 32.2. The first-order valence-corrected chi connectivity index (χ1v) is 9.67. The number of nitrogens with zero attached hydrogens (tertiary/aromatic N) is 1. The molecule has 6 heteroatoms. The highest BCUT2D eigenvalue weighted by Gasteiger charge is 2.33. The van der Waals surface area contributed by atoms with Crippen molar-refractivity contribution < 1.29 is 18.3 Å². The van der Waals surface area contributed by atoms with Crippen LogP contribution in [0.4, 0.5) is 0 Å². The SMILES string of the molecule is COCc1cccc(S(=O)(=O)N(C[C@H](C)O)C2CCCCC2)c1. The molecule has 2 rings (SSSR count). The van der Waals surface area contributed by atoms with Crippen LogP contribution in [0, 0.1) is 0 Å². The number of rotatable bonds is 7. The topological polar surface area (TPSA) is 66.8 Å². The van der Waals surface area contributed by atoms with Crippen molar-refractivity contribution in [3.05, 3.63) is 29.8 Å². The van der Waals surface area contributed by atoms with Gasteiger partial charge in [0.05, 0.1) is 17.6 Å². The van der Waals surface area contributed by atoms with Crippen LogP contribution in [0.1, 0.15) is 44.6 Å². The average Bonchev–Trinajstić information content (AvgIpc) is 2.54. The predicted octanol–water partition coefficient (Wildman–Crippen LogP) is 2.54. The number of aliphatic hydroxyl groups is 1. The number of hydrogen-bond donors (Lipinski definition) is 1. The van der Waals surface area contributed by atoms with E-state index < -0.39 is 16.1 Å². The molecule has 0 aromatic heterocycles. The third kappa shape index (κ3) is 4.76. The van der Waals surface area contributed by atoms with Gasteiger partial charge in [0.1, 0.15) is 0 Å². The molecule has 1 saturated carbocycles. The van der Waals surface area contributed by atoms with Crippen molar-refractivity contribution in [2.45, 2.75) is 62.7 Å². The van der Waals surface area contributed by atoms with Crippen LogP contribution in [0.2, 0.25) is 0 Å². The van der Waals surface area contributed by atoms with Crippen molar-refractivity contribution >= 4 is 10.0 Å². The van der Waals surface area contributed by atoms with Crippen molar-refractivity contribution in [1.29, 1.82) is 0 Å². The van der Waals surface area contributed by atoms with Crippen LogP contribution in [-0.2, 0) is 21.4 Å². The molecule has 0 spiro atoms. The summed E-state index contributed by atoms with van der Waals surface area (Å²) >= 11 is 0. The first-order chi connectivity index (χ1) is 10.9. The molecular formula is C17H27NO4S. The highest BCUT2D eigenvalue weighted by molar-refractivity contribution is 7.89. The summed E-state index contributed by atoms with van der Waals surface area (Å²) in [5, 5.41) is 9.78. The molecule has 130 valence electrons.